The summed E-state index contributed by atoms with van der Waals surface area (Å²) in [4.78, 5) is 17.9. The predicted molar refractivity (Wildman–Crippen MR) is 108 cm³/mol. The topological polar surface area (TPSA) is 71.3 Å². The van der Waals surface area contributed by atoms with Crippen LogP contribution in [0.4, 0.5) is 0 Å². The fourth-order valence-corrected chi connectivity index (χ4v) is 3.92. The lowest BCUT2D eigenvalue weighted by Gasteiger charge is -2.12. The highest BCUT2D eigenvalue weighted by Gasteiger charge is 2.17. The Labute approximate surface area is 166 Å². The van der Waals surface area contributed by atoms with Crippen LogP contribution < -0.4 is 19.0 Å². The Bertz CT molecular complexity index is 1030. The van der Waals surface area contributed by atoms with E-state index in [-0.39, 0.29) is 0 Å². The Morgan fingerprint density at radius 2 is 1.71 bits per heavy atom. The van der Waals surface area contributed by atoms with Gasteiger partial charge in [-0.05, 0) is 24.3 Å². The van der Waals surface area contributed by atoms with Crippen molar-refractivity contribution in [1.82, 2.24) is 4.57 Å². The van der Waals surface area contributed by atoms with E-state index >= 15 is 0 Å². The van der Waals surface area contributed by atoms with Crippen molar-refractivity contribution in [2.24, 2.45) is 4.99 Å². The standard InChI is InChI=1S/C20H22N2O5S/c1-24-10-9-22-14-7-5-6-8-17(14)28-20(22)21-19(23)13-11-15(25-2)18(27-4)16(12-13)26-3/h5-8,11-12H,9-10H2,1-4H3. The number of methoxy groups -OCH3 is 4. The first-order chi connectivity index (χ1) is 13.6. The minimum Gasteiger partial charge on any atom is -0.493 e. The minimum absolute atomic E-state index is 0.352. The fraction of sp³-hybridized carbons (Fsp3) is 0.300. The van der Waals surface area contributed by atoms with E-state index in [1.54, 1.807) is 19.2 Å². The number of rotatable bonds is 7. The second kappa shape index (κ2) is 8.90. The van der Waals surface area contributed by atoms with Gasteiger partial charge in [0.25, 0.3) is 5.91 Å². The monoisotopic (exact) mass is 402 g/mol. The highest BCUT2D eigenvalue weighted by Crippen LogP contribution is 2.38. The fourth-order valence-electron chi connectivity index (χ4n) is 2.86. The average molecular weight is 402 g/mol. The molecule has 1 aromatic heterocycles. The normalized spacial score (nSPS) is 11.6. The van der Waals surface area contributed by atoms with Crippen LogP contribution >= 0.6 is 11.3 Å². The third-order valence-electron chi connectivity index (χ3n) is 4.22. The van der Waals surface area contributed by atoms with E-state index in [2.05, 4.69) is 4.99 Å². The third-order valence-corrected chi connectivity index (χ3v) is 5.28. The largest absolute Gasteiger partial charge is 0.493 e. The summed E-state index contributed by atoms with van der Waals surface area (Å²) in [5.41, 5.74) is 1.37. The van der Waals surface area contributed by atoms with Crippen LogP contribution in [0.5, 0.6) is 17.2 Å². The molecule has 0 saturated carbocycles. The summed E-state index contributed by atoms with van der Waals surface area (Å²) in [5.74, 6) is 0.851. The van der Waals surface area contributed by atoms with Crippen LogP contribution in [0.3, 0.4) is 0 Å². The summed E-state index contributed by atoms with van der Waals surface area (Å²) in [6.45, 7) is 1.12. The molecule has 7 nitrogen and oxygen atoms in total. The van der Waals surface area contributed by atoms with E-state index in [0.29, 0.717) is 40.8 Å². The highest BCUT2D eigenvalue weighted by molar-refractivity contribution is 7.16. The molecule has 0 atom stereocenters. The third kappa shape index (κ3) is 3.88. The lowest BCUT2D eigenvalue weighted by molar-refractivity contribution is 0.0996. The molecular formula is C20H22N2O5S. The van der Waals surface area contributed by atoms with Crippen LogP contribution in [0.1, 0.15) is 10.4 Å². The van der Waals surface area contributed by atoms with Crippen LogP contribution in [0.25, 0.3) is 10.2 Å². The number of ether oxygens (including phenoxy) is 4. The van der Waals surface area contributed by atoms with Crippen LogP contribution in [-0.2, 0) is 11.3 Å². The average Bonchev–Trinajstić information content (AvgIpc) is 3.07. The zero-order chi connectivity index (χ0) is 20.1. The van der Waals surface area contributed by atoms with Crippen molar-refractivity contribution in [2.75, 3.05) is 35.0 Å². The molecule has 1 amide bonds. The Hall–Kier alpha value is -2.84. The molecule has 0 aliphatic heterocycles. The van der Waals surface area contributed by atoms with Crippen molar-refractivity contribution in [1.29, 1.82) is 0 Å². The van der Waals surface area contributed by atoms with E-state index in [1.807, 2.05) is 28.8 Å². The lowest BCUT2D eigenvalue weighted by atomic mass is 10.1. The molecule has 0 fully saturated rings. The van der Waals surface area contributed by atoms with E-state index in [0.717, 1.165) is 10.2 Å². The molecule has 0 unspecified atom stereocenters. The Kier molecular flexibility index (Phi) is 6.33. The van der Waals surface area contributed by atoms with Gasteiger partial charge in [0.05, 0.1) is 38.2 Å². The zero-order valence-electron chi connectivity index (χ0n) is 16.2. The first-order valence-electron chi connectivity index (χ1n) is 8.59. The maximum Gasteiger partial charge on any atom is 0.279 e. The number of hydrogen-bond donors (Lipinski definition) is 0. The summed E-state index contributed by atoms with van der Waals surface area (Å²) in [7, 11) is 6.18. The number of thiazole rings is 1. The molecule has 3 aromatic rings. The van der Waals surface area contributed by atoms with Crippen molar-refractivity contribution in [3.63, 3.8) is 0 Å². The van der Waals surface area contributed by atoms with E-state index in [1.165, 1.54) is 32.7 Å². The van der Waals surface area contributed by atoms with Gasteiger partial charge in [0.15, 0.2) is 16.3 Å². The summed E-state index contributed by atoms with van der Waals surface area (Å²) in [5, 5.41) is 0. The number of amides is 1. The lowest BCUT2D eigenvalue weighted by Crippen LogP contribution is -2.19. The number of para-hydroxylation sites is 1. The maximum absolute atomic E-state index is 12.9. The zero-order valence-corrected chi connectivity index (χ0v) is 17.0. The number of carbonyl (C=O) groups is 1. The van der Waals surface area contributed by atoms with E-state index < -0.39 is 5.91 Å². The van der Waals surface area contributed by atoms with Crippen LogP contribution in [0, 0.1) is 0 Å². The molecule has 28 heavy (non-hydrogen) atoms. The molecule has 0 N–H and O–H groups in total. The van der Waals surface area contributed by atoms with E-state index in [9.17, 15) is 4.79 Å². The molecule has 0 aliphatic rings. The van der Waals surface area contributed by atoms with E-state index in [4.69, 9.17) is 18.9 Å². The molecule has 148 valence electrons. The molecule has 0 aliphatic carbocycles. The second-order valence-electron chi connectivity index (χ2n) is 5.83. The van der Waals surface area contributed by atoms with Gasteiger partial charge >= 0.3 is 0 Å². The number of fused-ring (bicyclic) bond motifs is 1. The summed E-state index contributed by atoms with van der Waals surface area (Å²) in [6.07, 6.45) is 0. The predicted octanol–water partition coefficient (Wildman–Crippen LogP) is 3.12. The molecule has 3 rings (SSSR count). The Morgan fingerprint density at radius 3 is 2.32 bits per heavy atom. The summed E-state index contributed by atoms with van der Waals surface area (Å²) in [6, 6.07) is 11.1. The smallest absolute Gasteiger partial charge is 0.279 e. The van der Waals surface area contributed by atoms with Crippen molar-refractivity contribution < 1.29 is 23.7 Å². The number of aromatic nitrogens is 1. The second-order valence-corrected chi connectivity index (χ2v) is 6.84. The van der Waals surface area contributed by atoms with Gasteiger partial charge in [0.1, 0.15) is 0 Å². The van der Waals surface area contributed by atoms with Gasteiger partial charge in [-0.1, -0.05) is 23.5 Å². The quantitative estimate of drug-likeness (QED) is 0.607. The van der Waals surface area contributed by atoms with Gasteiger partial charge in [-0.3, -0.25) is 4.79 Å². The molecule has 1 heterocycles. The molecule has 0 saturated heterocycles. The Morgan fingerprint density at radius 1 is 1.04 bits per heavy atom. The van der Waals surface area contributed by atoms with Crippen molar-refractivity contribution in [2.45, 2.75) is 6.54 Å². The van der Waals surface area contributed by atoms with Crippen LogP contribution in [-0.4, -0.2) is 45.5 Å². The van der Waals surface area contributed by atoms with Gasteiger partial charge in [-0.15, -0.1) is 0 Å². The molecule has 0 spiro atoms. The van der Waals surface area contributed by atoms with Crippen molar-refractivity contribution in [3.05, 3.63) is 46.8 Å². The first-order valence-corrected chi connectivity index (χ1v) is 9.41. The molecule has 0 radical (unpaired) electrons. The van der Waals surface area contributed by atoms with Crippen LogP contribution in [0.2, 0.25) is 0 Å². The molecule has 8 heteroatoms. The van der Waals surface area contributed by atoms with Gasteiger partial charge in [0.2, 0.25) is 5.75 Å². The first kappa shape index (κ1) is 19.9. The van der Waals surface area contributed by atoms with Gasteiger partial charge in [0, 0.05) is 19.2 Å². The van der Waals surface area contributed by atoms with Gasteiger partial charge in [-0.25, -0.2) is 0 Å². The van der Waals surface area contributed by atoms with Crippen molar-refractivity contribution >= 4 is 27.5 Å². The summed E-state index contributed by atoms with van der Waals surface area (Å²) < 4.78 is 24.2. The number of hydrogen-bond acceptors (Lipinski definition) is 6. The maximum atomic E-state index is 12.9. The highest BCUT2D eigenvalue weighted by atomic mass is 32.1. The van der Waals surface area contributed by atoms with Crippen LogP contribution in [0.15, 0.2) is 41.4 Å². The Balaban J connectivity index is 2.10. The minimum atomic E-state index is -0.392. The molecule has 0 bridgehead atoms. The van der Waals surface area contributed by atoms with Gasteiger partial charge < -0.3 is 23.5 Å². The molecular weight excluding hydrogens is 380 g/mol. The number of carbonyl (C=O) groups excluding carboxylic acids is 1. The number of nitrogens with zero attached hydrogens (tertiary/aromatic N) is 2. The molecule has 2 aromatic carbocycles. The number of benzene rings is 2. The van der Waals surface area contributed by atoms with Gasteiger partial charge in [-0.2, -0.15) is 4.99 Å². The summed E-state index contributed by atoms with van der Waals surface area (Å²) >= 11 is 1.46. The van der Waals surface area contributed by atoms with Crippen molar-refractivity contribution in [3.8, 4) is 17.2 Å². The SMILES string of the molecule is COCCn1c(=NC(=O)c2cc(OC)c(OC)c(OC)c2)sc2ccccc21.